The number of aliphatic hydroxyl groups is 1. The summed E-state index contributed by atoms with van der Waals surface area (Å²) < 4.78 is 5.31. The number of amides is 1. The second kappa shape index (κ2) is 5.87. The first-order valence-electron chi connectivity index (χ1n) is 5.91. The van der Waals surface area contributed by atoms with Crippen LogP contribution < -0.4 is 4.74 Å². The van der Waals surface area contributed by atoms with Crippen LogP contribution in [0, 0.1) is 13.8 Å². The molecular formula is C14H21NO3. The molecule has 4 heteroatoms. The minimum absolute atomic E-state index is 0.0693. The van der Waals surface area contributed by atoms with E-state index in [1.165, 1.54) is 6.92 Å². The Bertz CT molecular complexity index is 420. The van der Waals surface area contributed by atoms with Crippen LogP contribution >= 0.6 is 0 Å². The number of methoxy groups -OCH3 is 1. The Kier molecular flexibility index (Phi) is 4.73. The lowest BCUT2D eigenvalue weighted by Gasteiger charge is -2.27. The van der Waals surface area contributed by atoms with Crippen LogP contribution in [-0.2, 0) is 4.79 Å². The van der Waals surface area contributed by atoms with Crippen molar-refractivity contribution in [3.8, 4) is 5.75 Å². The lowest BCUT2D eigenvalue weighted by atomic mass is 9.99. The van der Waals surface area contributed by atoms with Crippen LogP contribution in [0.5, 0.6) is 5.75 Å². The van der Waals surface area contributed by atoms with Gasteiger partial charge in [0.25, 0.3) is 0 Å². The number of carbonyl (C=O) groups is 1. The zero-order valence-corrected chi connectivity index (χ0v) is 11.7. The number of aliphatic hydroxyl groups excluding tert-OH is 1. The molecule has 1 rings (SSSR count). The Morgan fingerprint density at radius 2 is 1.89 bits per heavy atom. The first kappa shape index (κ1) is 14.5. The predicted molar refractivity (Wildman–Crippen MR) is 70.7 cm³/mol. The maximum Gasteiger partial charge on any atom is 0.219 e. The van der Waals surface area contributed by atoms with Crippen molar-refractivity contribution in [3.05, 3.63) is 28.8 Å². The van der Waals surface area contributed by atoms with Crippen LogP contribution in [0.15, 0.2) is 12.1 Å². The molecule has 1 unspecified atom stereocenters. The Morgan fingerprint density at radius 3 is 2.22 bits per heavy atom. The van der Waals surface area contributed by atoms with Crippen molar-refractivity contribution < 1.29 is 14.6 Å². The van der Waals surface area contributed by atoms with Gasteiger partial charge in [-0.15, -0.1) is 0 Å². The van der Waals surface area contributed by atoms with E-state index in [9.17, 15) is 9.90 Å². The zero-order chi connectivity index (χ0) is 13.9. The molecule has 4 nitrogen and oxygen atoms in total. The summed E-state index contributed by atoms with van der Waals surface area (Å²) in [5.74, 6) is 0.779. The summed E-state index contributed by atoms with van der Waals surface area (Å²) in [6.45, 7) is 5.31. The monoisotopic (exact) mass is 251 g/mol. The molecule has 0 bridgehead atoms. The van der Waals surface area contributed by atoms with Gasteiger partial charge in [-0.25, -0.2) is 0 Å². The van der Waals surface area contributed by atoms with E-state index in [0.717, 1.165) is 22.4 Å². The van der Waals surface area contributed by atoms with Crippen molar-refractivity contribution >= 4 is 5.91 Å². The lowest BCUT2D eigenvalue weighted by Crippen LogP contribution is -2.31. The van der Waals surface area contributed by atoms with Crippen LogP contribution in [0.3, 0.4) is 0 Å². The van der Waals surface area contributed by atoms with Gasteiger partial charge in [0.15, 0.2) is 0 Å². The minimum atomic E-state index is -0.314. The van der Waals surface area contributed by atoms with Gasteiger partial charge >= 0.3 is 0 Å². The van der Waals surface area contributed by atoms with Crippen LogP contribution in [0.4, 0.5) is 0 Å². The SMILES string of the molecule is COc1c(C)cc(C(CO)N(C)C(C)=O)cc1C. The third kappa shape index (κ3) is 2.82. The van der Waals surface area contributed by atoms with E-state index in [2.05, 4.69) is 0 Å². The Morgan fingerprint density at radius 1 is 1.39 bits per heavy atom. The molecule has 0 spiro atoms. The number of hydrogen-bond acceptors (Lipinski definition) is 3. The number of rotatable bonds is 4. The maximum atomic E-state index is 11.4. The molecule has 1 atom stereocenters. The largest absolute Gasteiger partial charge is 0.496 e. The topological polar surface area (TPSA) is 49.8 Å². The highest BCUT2D eigenvalue weighted by molar-refractivity contribution is 5.73. The molecule has 0 saturated carbocycles. The molecule has 1 amide bonds. The molecule has 0 radical (unpaired) electrons. The minimum Gasteiger partial charge on any atom is -0.496 e. The summed E-state index contributed by atoms with van der Waals surface area (Å²) >= 11 is 0. The van der Waals surface area contributed by atoms with Gasteiger partial charge in [0.05, 0.1) is 19.8 Å². The number of carbonyl (C=O) groups excluding carboxylic acids is 1. The van der Waals surface area contributed by atoms with Gasteiger partial charge in [0.2, 0.25) is 5.91 Å². The smallest absolute Gasteiger partial charge is 0.219 e. The fraction of sp³-hybridized carbons (Fsp3) is 0.500. The average molecular weight is 251 g/mol. The molecule has 100 valence electrons. The number of likely N-dealkylation sites (N-methyl/N-ethyl adjacent to an activating group) is 1. The van der Waals surface area contributed by atoms with Gasteiger partial charge in [-0.3, -0.25) is 4.79 Å². The van der Waals surface area contributed by atoms with E-state index in [1.807, 2.05) is 26.0 Å². The first-order valence-corrected chi connectivity index (χ1v) is 5.91. The molecular weight excluding hydrogens is 230 g/mol. The highest BCUT2D eigenvalue weighted by Crippen LogP contribution is 2.29. The molecule has 1 aromatic rings. The molecule has 1 N–H and O–H groups in total. The third-order valence-electron chi connectivity index (χ3n) is 3.21. The van der Waals surface area contributed by atoms with Gasteiger partial charge < -0.3 is 14.7 Å². The highest BCUT2D eigenvalue weighted by Gasteiger charge is 2.20. The van der Waals surface area contributed by atoms with Crippen LogP contribution in [0.2, 0.25) is 0 Å². The number of ether oxygens (including phenoxy) is 1. The fourth-order valence-electron chi connectivity index (χ4n) is 2.17. The summed E-state index contributed by atoms with van der Waals surface area (Å²) in [5.41, 5.74) is 2.93. The molecule has 1 aromatic carbocycles. The van der Waals surface area contributed by atoms with E-state index in [4.69, 9.17) is 4.74 Å². The van der Waals surface area contributed by atoms with Gasteiger partial charge in [0.1, 0.15) is 5.75 Å². The molecule has 0 aromatic heterocycles. The summed E-state index contributed by atoms with van der Waals surface area (Å²) in [7, 11) is 3.33. The third-order valence-corrected chi connectivity index (χ3v) is 3.21. The molecule has 18 heavy (non-hydrogen) atoms. The molecule has 0 aliphatic rings. The second-order valence-electron chi connectivity index (χ2n) is 4.52. The summed E-state index contributed by atoms with van der Waals surface area (Å²) in [5, 5.41) is 9.48. The van der Waals surface area contributed by atoms with E-state index in [-0.39, 0.29) is 18.6 Å². The Balaban J connectivity index is 3.19. The van der Waals surface area contributed by atoms with Gasteiger partial charge in [-0.05, 0) is 30.5 Å². The number of hydrogen-bond donors (Lipinski definition) is 1. The van der Waals surface area contributed by atoms with Crippen LogP contribution in [-0.4, -0.2) is 36.7 Å². The Hall–Kier alpha value is -1.55. The summed E-state index contributed by atoms with van der Waals surface area (Å²) in [4.78, 5) is 12.9. The quantitative estimate of drug-likeness (QED) is 0.888. The van der Waals surface area contributed by atoms with Crippen LogP contribution in [0.25, 0.3) is 0 Å². The predicted octanol–water partition coefficient (Wildman–Crippen LogP) is 1.82. The van der Waals surface area contributed by atoms with Gasteiger partial charge in [-0.2, -0.15) is 0 Å². The zero-order valence-electron chi connectivity index (χ0n) is 11.7. The maximum absolute atomic E-state index is 11.4. The highest BCUT2D eigenvalue weighted by atomic mass is 16.5. The number of aryl methyl sites for hydroxylation is 2. The standard InChI is InChI=1S/C14H21NO3/c1-9-6-12(7-10(2)14(9)18-5)13(8-16)15(4)11(3)17/h6-7,13,16H,8H2,1-5H3. The number of nitrogens with zero attached hydrogens (tertiary/aromatic N) is 1. The number of benzene rings is 1. The van der Waals surface area contributed by atoms with Crippen molar-refractivity contribution in [2.45, 2.75) is 26.8 Å². The van der Waals surface area contributed by atoms with Gasteiger partial charge in [0, 0.05) is 14.0 Å². The normalized spacial score (nSPS) is 12.1. The van der Waals surface area contributed by atoms with Crippen molar-refractivity contribution in [3.63, 3.8) is 0 Å². The van der Waals surface area contributed by atoms with Crippen LogP contribution in [0.1, 0.15) is 29.7 Å². The molecule has 0 aliphatic carbocycles. The average Bonchev–Trinajstić information content (AvgIpc) is 2.29. The summed E-state index contributed by atoms with van der Waals surface area (Å²) in [6, 6.07) is 3.59. The van der Waals surface area contributed by atoms with Crippen molar-refractivity contribution in [1.29, 1.82) is 0 Å². The summed E-state index contributed by atoms with van der Waals surface area (Å²) in [6.07, 6.45) is 0. The van der Waals surface area contributed by atoms with E-state index in [0.29, 0.717) is 0 Å². The van der Waals surface area contributed by atoms with E-state index < -0.39 is 0 Å². The molecule has 0 fully saturated rings. The molecule has 0 heterocycles. The molecule has 0 saturated heterocycles. The Labute approximate surface area is 108 Å². The van der Waals surface area contributed by atoms with E-state index in [1.54, 1.807) is 19.1 Å². The fourth-order valence-corrected chi connectivity index (χ4v) is 2.17. The van der Waals surface area contributed by atoms with E-state index >= 15 is 0 Å². The van der Waals surface area contributed by atoms with Crippen molar-refractivity contribution in [2.75, 3.05) is 20.8 Å². The van der Waals surface area contributed by atoms with Crippen molar-refractivity contribution in [1.82, 2.24) is 4.90 Å². The van der Waals surface area contributed by atoms with Gasteiger partial charge in [-0.1, -0.05) is 12.1 Å². The lowest BCUT2D eigenvalue weighted by molar-refractivity contribution is -0.130. The second-order valence-corrected chi connectivity index (χ2v) is 4.52. The molecule has 0 aliphatic heterocycles. The first-order chi connectivity index (χ1) is 8.42. The van der Waals surface area contributed by atoms with Crippen molar-refractivity contribution in [2.24, 2.45) is 0 Å².